The van der Waals surface area contributed by atoms with Gasteiger partial charge in [0.2, 0.25) is 0 Å². The molecule has 0 spiro atoms. The van der Waals surface area contributed by atoms with Crippen LogP contribution in [0, 0.1) is 5.92 Å². The maximum Gasteiger partial charge on any atom is 0.252 e. The highest BCUT2D eigenvalue weighted by molar-refractivity contribution is 5.95. The monoisotopic (exact) mass is 313 g/mol. The molecule has 0 aromatic carbocycles. The van der Waals surface area contributed by atoms with E-state index in [-0.39, 0.29) is 11.9 Å². The fraction of sp³-hybridized carbons (Fsp3) is 0.529. The summed E-state index contributed by atoms with van der Waals surface area (Å²) < 4.78 is 1.60. The molecule has 1 aliphatic carbocycles. The second-order valence-corrected chi connectivity index (χ2v) is 6.19. The van der Waals surface area contributed by atoms with Crippen LogP contribution in [0.1, 0.15) is 45.1 Å². The molecule has 1 aliphatic rings. The van der Waals surface area contributed by atoms with Crippen molar-refractivity contribution in [2.24, 2.45) is 5.92 Å². The number of hydrogen-bond donors (Lipinski definition) is 0. The summed E-state index contributed by atoms with van der Waals surface area (Å²) >= 11 is 0. The number of amides is 1. The highest BCUT2D eigenvalue weighted by Crippen LogP contribution is 2.27. The first-order valence-corrected chi connectivity index (χ1v) is 8.32. The third-order valence-electron chi connectivity index (χ3n) is 4.55. The molecule has 2 heterocycles. The summed E-state index contributed by atoms with van der Waals surface area (Å²) in [5, 5.41) is 4.10. The van der Waals surface area contributed by atoms with Crippen LogP contribution in [-0.4, -0.2) is 32.2 Å². The number of carbonyl (C=O) groups is 1. The molecule has 2 aromatic rings. The standard InChI is InChI=1S/C17H23N5O/c1-14(22-13-18-12-20-22)17(23)21(16-9-5-6-10-19-16)11-15-7-3-2-4-8-15/h5-6,9-10,12-15H,2-4,7-8,11H2,1H3. The van der Waals surface area contributed by atoms with E-state index in [1.165, 1.54) is 38.4 Å². The molecule has 0 saturated heterocycles. The second kappa shape index (κ2) is 7.35. The van der Waals surface area contributed by atoms with Crippen molar-refractivity contribution in [3.8, 4) is 0 Å². The van der Waals surface area contributed by atoms with Gasteiger partial charge in [-0.05, 0) is 37.8 Å². The highest BCUT2D eigenvalue weighted by atomic mass is 16.2. The van der Waals surface area contributed by atoms with Gasteiger partial charge in [-0.15, -0.1) is 0 Å². The van der Waals surface area contributed by atoms with Gasteiger partial charge in [-0.2, -0.15) is 5.10 Å². The van der Waals surface area contributed by atoms with Gasteiger partial charge in [0.25, 0.3) is 5.91 Å². The molecule has 0 radical (unpaired) electrons. The van der Waals surface area contributed by atoms with E-state index in [2.05, 4.69) is 15.1 Å². The van der Waals surface area contributed by atoms with Crippen LogP contribution in [0.15, 0.2) is 37.1 Å². The van der Waals surface area contributed by atoms with Gasteiger partial charge in [0, 0.05) is 12.7 Å². The quantitative estimate of drug-likeness (QED) is 0.851. The molecule has 1 saturated carbocycles. The molecule has 6 nitrogen and oxygen atoms in total. The van der Waals surface area contributed by atoms with Gasteiger partial charge >= 0.3 is 0 Å². The van der Waals surface area contributed by atoms with E-state index in [0.29, 0.717) is 5.92 Å². The SMILES string of the molecule is CC(C(=O)N(CC1CCCCC1)c1ccccn1)n1cncn1. The Morgan fingerprint density at radius 3 is 2.83 bits per heavy atom. The summed E-state index contributed by atoms with van der Waals surface area (Å²) in [6, 6.07) is 5.30. The summed E-state index contributed by atoms with van der Waals surface area (Å²) in [7, 11) is 0. The molecular formula is C17H23N5O. The van der Waals surface area contributed by atoms with Crippen LogP contribution in [0.5, 0.6) is 0 Å². The van der Waals surface area contributed by atoms with Gasteiger partial charge in [0.1, 0.15) is 24.5 Å². The number of pyridine rings is 1. The van der Waals surface area contributed by atoms with Gasteiger partial charge in [-0.3, -0.25) is 9.69 Å². The molecule has 0 bridgehead atoms. The topological polar surface area (TPSA) is 63.9 Å². The third kappa shape index (κ3) is 3.75. The van der Waals surface area contributed by atoms with E-state index in [0.717, 1.165) is 12.4 Å². The molecule has 0 aliphatic heterocycles. The predicted molar refractivity (Wildman–Crippen MR) is 87.9 cm³/mol. The number of anilines is 1. The lowest BCUT2D eigenvalue weighted by atomic mass is 9.89. The molecule has 23 heavy (non-hydrogen) atoms. The molecule has 2 aromatic heterocycles. The number of nitrogens with zero attached hydrogens (tertiary/aromatic N) is 5. The summed E-state index contributed by atoms with van der Waals surface area (Å²) in [4.78, 5) is 23.2. The van der Waals surface area contributed by atoms with Crippen LogP contribution in [0.2, 0.25) is 0 Å². The van der Waals surface area contributed by atoms with Crippen LogP contribution >= 0.6 is 0 Å². The Labute approximate surface area is 136 Å². The fourth-order valence-electron chi connectivity index (χ4n) is 3.19. The van der Waals surface area contributed by atoms with E-state index >= 15 is 0 Å². The van der Waals surface area contributed by atoms with Gasteiger partial charge < -0.3 is 0 Å². The van der Waals surface area contributed by atoms with Crippen molar-refractivity contribution >= 4 is 11.7 Å². The molecule has 1 amide bonds. The molecule has 6 heteroatoms. The Balaban J connectivity index is 1.80. The van der Waals surface area contributed by atoms with Crippen molar-refractivity contribution in [1.29, 1.82) is 0 Å². The maximum atomic E-state index is 13.0. The summed E-state index contributed by atoms with van der Waals surface area (Å²) in [5.41, 5.74) is 0. The zero-order valence-electron chi connectivity index (χ0n) is 13.5. The van der Waals surface area contributed by atoms with Gasteiger partial charge in [0.05, 0.1) is 0 Å². The van der Waals surface area contributed by atoms with E-state index in [4.69, 9.17) is 0 Å². The summed E-state index contributed by atoms with van der Waals surface area (Å²) in [5.74, 6) is 1.28. The minimum Gasteiger partial charge on any atom is -0.295 e. The first kappa shape index (κ1) is 15.6. The largest absolute Gasteiger partial charge is 0.295 e. The maximum absolute atomic E-state index is 13.0. The highest BCUT2D eigenvalue weighted by Gasteiger charge is 2.27. The Hall–Kier alpha value is -2.24. The number of aromatic nitrogens is 4. The van der Waals surface area contributed by atoms with Crippen LogP contribution in [-0.2, 0) is 4.79 Å². The van der Waals surface area contributed by atoms with Crippen LogP contribution in [0.3, 0.4) is 0 Å². The zero-order chi connectivity index (χ0) is 16.1. The second-order valence-electron chi connectivity index (χ2n) is 6.19. The molecule has 1 atom stereocenters. The Morgan fingerprint density at radius 2 is 2.17 bits per heavy atom. The van der Waals surface area contributed by atoms with Gasteiger partial charge in [0.15, 0.2) is 0 Å². The Bertz CT molecular complexity index is 607. The van der Waals surface area contributed by atoms with Gasteiger partial charge in [-0.25, -0.2) is 14.6 Å². The van der Waals surface area contributed by atoms with Crippen molar-refractivity contribution in [3.05, 3.63) is 37.1 Å². The van der Waals surface area contributed by atoms with Crippen LogP contribution < -0.4 is 4.90 Å². The number of rotatable bonds is 5. The average Bonchev–Trinajstić information content (AvgIpc) is 3.15. The average molecular weight is 313 g/mol. The lowest BCUT2D eigenvalue weighted by Crippen LogP contribution is -2.40. The van der Waals surface area contributed by atoms with Crippen molar-refractivity contribution in [2.45, 2.75) is 45.1 Å². The van der Waals surface area contributed by atoms with Crippen LogP contribution in [0.4, 0.5) is 5.82 Å². The third-order valence-corrected chi connectivity index (χ3v) is 4.55. The minimum absolute atomic E-state index is 0.0137. The summed E-state index contributed by atoms with van der Waals surface area (Å²) in [6.45, 7) is 2.59. The first-order chi connectivity index (χ1) is 11.3. The fourth-order valence-corrected chi connectivity index (χ4v) is 3.19. The molecule has 122 valence electrons. The lowest BCUT2D eigenvalue weighted by molar-refractivity contribution is -0.121. The molecule has 3 rings (SSSR count). The smallest absolute Gasteiger partial charge is 0.252 e. The summed E-state index contributed by atoms with van der Waals surface area (Å²) in [6.07, 6.45) is 11.0. The van der Waals surface area contributed by atoms with Crippen molar-refractivity contribution in [3.63, 3.8) is 0 Å². The number of carbonyl (C=O) groups excluding carboxylic acids is 1. The van der Waals surface area contributed by atoms with Crippen molar-refractivity contribution < 1.29 is 4.79 Å². The Morgan fingerprint density at radius 1 is 1.35 bits per heavy atom. The zero-order valence-corrected chi connectivity index (χ0v) is 13.5. The van der Waals surface area contributed by atoms with E-state index in [1.807, 2.05) is 30.0 Å². The van der Waals surface area contributed by atoms with E-state index in [1.54, 1.807) is 17.2 Å². The molecule has 1 unspecified atom stereocenters. The van der Waals surface area contributed by atoms with Crippen molar-refractivity contribution in [2.75, 3.05) is 11.4 Å². The molecule has 1 fully saturated rings. The van der Waals surface area contributed by atoms with E-state index < -0.39 is 0 Å². The molecule has 0 N–H and O–H groups in total. The number of hydrogen-bond acceptors (Lipinski definition) is 4. The van der Waals surface area contributed by atoms with Crippen LogP contribution in [0.25, 0.3) is 0 Å². The van der Waals surface area contributed by atoms with Crippen molar-refractivity contribution in [1.82, 2.24) is 19.7 Å². The predicted octanol–water partition coefficient (Wildman–Crippen LogP) is 2.85. The normalized spacial score (nSPS) is 16.9. The first-order valence-electron chi connectivity index (χ1n) is 8.32. The Kier molecular flexibility index (Phi) is 5.00. The minimum atomic E-state index is -0.386. The van der Waals surface area contributed by atoms with Gasteiger partial charge in [-0.1, -0.05) is 25.3 Å². The molecular weight excluding hydrogens is 290 g/mol. The lowest BCUT2D eigenvalue weighted by Gasteiger charge is -2.30. The van der Waals surface area contributed by atoms with E-state index in [9.17, 15) is 4.79 Å².